The van der Waals surface area contributed by atoms with Gasteiger partial charge in [0, 0.05) is 29.7 Å². The van der Waals surface area contributed by atoms with E-state index in [-0.39, 0.29) is 17.9 Å². The van der Waals surface area contributed by atoms with Crippen molar-refractivity contribution < 1.29 is 14.3 Å². The third-order valence-corrected chi connectivity index (χ3v) is 6.94. The van der Waals surface area contributed by atoms with E-state index in [1.165, 1.54) is 0 Å². The topological polar surface area (TPSA) is 58.6 Å². The molecule has 1 fully saturated rings. The van der Waals surface area contributed by atoms with Crippen LogP contribution in [0.3, 0.4) is 0 Å². The lowest BCUT2D eigenvalue weighted by Crippen LogP contribution is -2.51. The highest BCUT2D eigenvalue weighted by atomic mass is 32.2. The molecular weight excluding hydrogens is 420 g/mol. The Morgan fingerprint density at radius 1 is 1.09 bits per heavy atom. The highest BCUT2D eigenvalue weighted by Crippen LogP contribution is 2.22. The van der Waals surface area contributed by atoms with E-state index >= 15 is 0 Å². The minimum absolute atomic E-state index is 0.0117. The molecule has 1 aliphatic carbocycles. The molecular formula is C26H34N2O3S. The van der Waals surface area contributed by atoms with Crippen LogP contribution in [0.4, 0.5) is 0 Å². The van der Waals surface area contributed by atoms with E-state index < -0.39 is 6.04 Å². The number of ether oxygens (including phenoxy) is 1. The highest BCUT2D eigenvalue weighted by Gasteiger charge is 2.30. The summed E-state index contributed by atoms with van der Waals surface area (Å²) in [6, 6.07) is 17.6. The second-order valence-corrected chi connectivity index (χ2v) is 9.36. The Bertz CT molecular complexity index is 851. The van der Waals surface area contributed by atoms with Crippen LogP contribution in [-0.2, 0) is 16.1 Å². The molecule has 2 aromatic rings. The number of hydrogen-bond acceptors (Lipinski definition) is 4. The first kappa shape index (κ1) is 24.2. The number of nitrogens with zero attached hydrogens (tertiary/aromatic N) is 1. The van der Waals surface area contributed by atoms with Crippen molar-refractivity contribution in [3.05, 3.63) is 60.2 Å². The average Bonchev–Trinajstić information content (AvgIpc) is 3.33. The zero-order chi connectivity index (χ0) is 22.8. The Labute approximate surface area is 195 Å². The summed E-state index contributed by atoms with van der Waals surface area (Å²) >= 11 is 1.67. The molecule has 172 valence electrons. The van der Waals surface area contributed by atoms with Crippen molar-refractivity contribution in [2.75, 3.05) is 12.9 Å². The van der Waals surface area contributed by atoms with Gasteiger partial charge >= 0.3 is 0 Å². The number of carbonyl (C=O) groups is 2. The number of nitrogens with one attached hydrogen (secondary N) is 1. The largest absolute Gasteiger partial charge is 0.497 e. The molecule has 1 aliphatic rings. The number of methoxy groups -OCH3 is 1. The standard InChI is InChI=1S/C26H34N2O3S/c1-3-24(26(30)27-21-9-7-8-10-21)28(19-20-13-15-22(31-2)16-14-20)25(29)17-18-32-23-11-5-4-6-12-23/h4-6,11-16,21,24H,3,7-10,17-19H2,1-2H3,(H,27,30)/t24-/m1/s1. The van der Waals surface area contributed by atoms with Gasteiger partial charge in [-0.25, -0.2) is 0 Å². The molecule has 2 amide bonds. The molecule has 0 spiro atoms. The van der Waals surface area contributed by atoms with Gasteiger partial charge in [0.25, 0.3) is 0 Å². The minimum atomic E-state index is -0.466. The molecule has 3 rings (SSSR count). The molecule has 0 radical (unpaired) electrons. The van der Waals surface area contributed by atoms with E-state index in [1.54, 1.807) is 23.8 Å². The molecule has 5 nitrogen and oxygen atoms in total. The summed E-state index contributed by atoms with van der Waals surface area (Å²) in [6.07, 6.45) is 5.36. The monoisotopic (exact) mass is 454 g/mol. The zero-order valence-corrected chi connectivity index (χ0v) is 19.9. The van der Waals surface area contributed by atoms with Gasteiger partial charge in [0.15, 0.2) is 0 Å². The van der Waals surface area contributed by atoms with Crippen molar-refractivity contribution in [3.63, 3.8) is 0 Å². The lowest BCUT2D eigenvalue weighted by molar-refractivity contribution is -0.141. The third kappa shape index (κ3) is 7.02. The van der Waals surface area contributed by atoms with Gasteiger partial charge < -0.3 is 15.0 Å². The number of benzene rings is 2. The molecule has 0 unspecified atom stereocenters. The van der Waals surface area contributed by atoms with Crippen molar-refractivity contribution in [3.8, 4) is 5.75 Å². The molecule has 2 aromatic carbocycles. The number of amides is 2. The number of rotatable bonds is 11. The molecule has 1 saturated carbocycles. The summed E-state index contributed by atoms with van der Waals surface area (Å²) in [7, 11) is 1.63. The summed E-state index contributed by atoms with van der Waals surface area (Å²) < 4.78 is 5.25. The van der Waals surface area contributed by atoms with Crippen molar-refractivity contribution in [2.24, 2.45) is 0 Å². The Morgan fingerprint density at radius 2 is 1.78 bits per heavy atom. The van der Waals surface area contributed by atoms with E-state index in [4.69, 9.17) is 4.74 Å². The lowest BCUT2D eigenvalue weighted by Gasteiger charge is -2.31. The number of carbonyl (C=O) groups excluding carboxylic acids is 2. The van der Waals surface area contributed by atoms with Crippen molar-refractivity contribution in [2.45, 2.75) is 69.0 Å². The van der Waals surface area contributed by atoms with E-state index in [9.17, 15) is 9.59 Å². The SMILES string of the molecule is CC[C@H](C(=O)NC1CCCC1)N(Cc1ccc(OC)cc1)C(=O)CCSc1ccccc1. The Kier molecular flexibility index (Phi) is 9.47. The molecule has 32 heavy (non-hydrogen) atoms. The van der Waals surface area contributed by atoms with Crippen LogP contribution in [0.5, 0.6) is 5.75 Å². The fraction of sp³-hybridized carbons (Fsp3) is 0.462. The number of hydrogen-bond donors (Lipinski definition) is 1. The summed E-state index contributed by atoms with van der Waals surface area (Å²) in [6.45, 7) is 2.39. The van der Waals surface area contributed by atoms with Gasteiger partial charge in [-0.1, -0.05) is 50.1 Å². The van der Waals surface area contributed by atoms with E-state index in [0.29, 0.717) is 25.1 Å². The summed E-state index contributed by atoms with van der Waals surface area (Å²) in [5.41, 5.74) is 0.988. The van der Waals surface area contributed by atoms with Crippen molar-refractivity contribution in [1.82, 2.24) is 10.2 Å². The zero-order valence-electron chi connectivity index (χ0n) is 19.1. The average molecular weight is 455 g/mol. The maximum absolute atomic E-state index is 13.3. The lowest BCUT2D eigenvalue weighted by atomic mass is 10.1. The molecule has 0 saturated heterocycles. The van der Waals surface area contributed by atoms with Crippen LogP contribution in [0.1, 0.15) is 51.0 Å². The third-order valence-electron chi connectivity index (χ3n) is 5.93. The van der Waals surface area contributed by atoms with Crippen LogP contribution < -0.4 is 10.1 Å². The van der Waals surface area contributed by atoms with Gasteiger partial charge in [-0.3, -0.25) is 9.59 Å². The van der Waals surface area contributed by atoms with Gasteiger partial charge in [0.2, 0.25) is 11.8 Å². The van der Waals surface area contributed by atoms with E-state index in [2.05, 4.69) is 5.32 Å². The predicted octanol–water partition coefficient (Wildman–Crippen LogP) is 5.04. The summed E-state index contributed by atoms with van der Waals surface area (Å²) in [5.74, 6) is 1.44. The van der Waals surface area contributed by atoms with Crippen LogP contribution in [0.25, 0.3) is 0 Å². The minimum Gasteiger partial charge on any atom is -0.497 e. The molecule has 6 heteroatoms. The molecule has 0 aromatic heterocycles. The maximum atomic E-state index is 13.3. The van der Waals surface area contributed by atoms with Crippen LogP contribution in [0.15, 0.2) is 59.5 Å². The fourth-order valence-corrected chi connectivity index (χ4v) is 4.99. The first-order valence-electron chi connectivity index (χ1n) is 11.5. The van der Waals surface area contributed by atoms with Gasteiger partial charge in [0.05, 0.1) is 7.11 Å². The number of thioether (sulfide) groups is 1. The van der Waals surface area contributed by atoms with Crippen molar-refractivity contribution in [1.29, 1.82) is 0 Å². The fourth-order valence-electron chi connectivity index (χ4n) is 4.13. The smallest absolute Gasteiger partial charge is 0.243 e. The molecule has 0 bridgehead atoms. The highest BCUT2D eigenvalue weighted by molar-refractivity contribution is 7.99. The van der Waals surface area contributed by atoms with Crippen LogP contribution in [0.2, 0.25) is 0 Å². The van der Waals surface area contributed by atoms with Gasteiger partial charge in [-0.05, 0) is 49.1 Å². The van der Waals surface area contributed by atoms with E-state index in [1.807, 2.05) is 61.5 Å². The molecule has 0 heterocycles. The Balaban J connectivity index is 1.70. The second-order valence-electron chi connectivity index (χ2n) is 8.20. The van der Waals surface area contributed by atoms with Gasteiger partial charge in [-0.15, -0.1) is 11.8 Å². The maximum Gasteiger partial charge on any atom is 0.243 e. The van der Waals surface area contributed by atoms with Gasteiger partial charge in [0.1, 0.15) is 11.8 Å². The predicted molar refractivity (Wildman–Crippen MR) is 130 cm³/mol. The first-order chi connectivity index (χ1) is 15.6. The first-order valence-corrected chi connectivity index (χ1v) is 12.5. The summed E-state index contributed by atoms with van der Waals surface area (Å²) in [5, 5.41) is 3.19. The molecule has 1 N–H and O–H groups in total. The van der Waals surface area contributed by atoms with Gasteiger partial charge in [-0.2, -0.15) is 0 Å². The van der Waals surface area contributed by atoms with E-state index in [0.717, 1.165) is 41.9 Å². The molecule has 1 atom stereocenters. The molecule has 0 aliphatic heterocycles. The Morgan fingerprint density at radius 3 is 2.41 bits per heavy atom. The summed E-state index contributed by atoms with van der Waals surface area (Å²) in [4.78, 5) is 29.4. The second kappa shape index (κ2) is 12.5. The van der Waals surface area contributed by atoms with Crippen LogP contribution in [0, 0.1) is 0 Å². The normalized spacial score (nSPS) is 14.7. The van der Waals surface area contributed by atoms with Crippen molar-refractivity contribution >= 4 is 23.6 Å². The van der Waals surface area contributed by atoms with Crippen LogP contribution in [-0.4, -0.2) is 41.7 Å². The van der Waals surface area contributed by atoms with Crippen LogP contribution >= 0.6 is 11.8 Å². The quantitative estimate of drug-likeness (QED) is 0.483. The Hall–Kier alpha value is -2.47.